The van der Waals surface area contributed by atoms with Crippen LogP contribution in [-0.4, -0.2) is 25.4 Å². The molecule has 1 unspecified atom stereocenters. The number of amides is 1. The molecule has 0 saturated carbocycles. The van der Waals surface area contributed by atoms with Gasteiger partial charge in [-0.2, -0.15) is 0 Å². The van der Waals surface area contributed by atoms with Gasteiger partial charge in [0.2, 0.25) is 5.91 Å². The van der Waals surface area contributed by atoms with Gasteiger partial charge in [0.15, 0.2) is 11.5 Å². The van der Waals surface area contributed by atoms with Crippen molar-refractivity contribution in [1.82, 2.24) is 0 Å². The quantitative estimate of drug-likeness (QED) is 0.786. The topological polar surface area (TPSA) is 47.6 Å². The van der Waals surface area contributed by atoms with E-state index in [0.29, 0.717) is 17.2 Å². The van der Waals surface area contributed by atoms with E-state index in [2.05, 4.69) is 37.4 Å². The number of rotatable bonds is 7. The number of thioether (sulfide) groups is 1. The van der Waals surface area contributed by atoms with Gasteiger partial charge in [-0.05, 0) is 38.5 Å². The molecule has 0 bridgehead atoms. The first-order chi connectivity index (χ1) is 11.9. The lowest BCUT2D eigenvalue weighted by Crippen LogP contribution is -2.22. The zero-order valence-corrected chi connectivity index (χ0v) is 16.2. The summed E-state index contributed by atoms with van der Waals surface area (Å²) in [5.74, 6) is 2.01. The Kier molecular flexibility index (Phi) is 6.76. The van der Waals surface area contributed by atoms with Crippen molar-refractivity contribution < 1.29 is 14.3 Å². The van der Waals surface area contributed by atoms with Gasteiger partial charge in [-0.25, -0.2) is 0 Å². The number of benzene rings is 2. The second kappa shape index (κ2) is 8.81. The molecule has 0 fully saturated rings. The highest BCUT2D eigenvalue weighted by molar-refractivity contribution is 7.99. The Morgan fingerprint density at radius 3 is 2.28 bits per heavy atom. The predicted octanol–water partition coefficient (Wildman–Crippen LogP) is 4.58. The third-order valence-electron chi connectivity index (χ3n) is 3.80. The molecular weight excluding hydrogens is 334 g/mol. The first-order valence-electron chi connectivity index (χ1n) is 8.14. The Balaban J connectivity index is 1.96. The minimum atomic E-state index is -0.158. The SMILES string of the molecule is COc1ccc(NC(=O)C(C)SCc2cc(C)cc(C)c2)cc1OC. The van der Waals surface area contributed by atoms with E-state index >= 15 is 0 Å². The zero-order chi connectivity index (χ0) is 18.4. The molecule has 134 valence electrons. The molecule has 0 aromatic heterocycles. The highest BCUT2D eigenvalue weighted by atomic mass is 32.2. The van der Waals surface area contributed by atoms with Crippen molar-refractivity contribution in [3.05, 3.63) is 53.1 Å². The summed E-state index contributed by atoms with van der Waals surface area (Å²) in [4.78, 5) is 12.4. The smallest absolute Gasteiger partial charge is 0.237 e. The van der Waals surface area contributed by atoms with E-state index in [1.54, 1.807) is 44.2 Å². The summed E-state index contributed by atoms with van der Waals surface area (Å²) in [7, 11) is 3.16. The average Bonchev–Trinajstić information content (AvgIpc) is 2.58. The molecule has 0 spiro atoms. The number of ether oxygens (including phenoxy) is 2. The summed E-state index contributed by atoms with van der Waals surface area (Å²) < 4.78 is 10.5. The summed E-state index contributed by atoms with van der Waals surface area (Å²) >= 11 is 1.62. The fraction of sp³-hybridized carbons (Fsp3) is 0.350. The van der Waals surface area contributed by atoms with Crippen molar-refractivity contribution in [2.45, 2.75) is 31.8 Å². The third kappa shape index (κ3) is 5.43. The molecule has 0 heterocycles. The lowest BCUT2D eigenvalue weighted by Gasteiger charge is -2.14. The molecule has 1 amide bonds. The number of aryl methyl sites for hydroxylation is 2. The van der Waals surface area contributed by atoms with Gasteiger partial charge < -0.3 is 14.8 Å². The third-order valence-corrected chi connectivity index (χ3v) is 5.02. The van der Waals surface area contributed by atoms with Crippen LogP contribution in [0.2, 0.25) is 0 Å². The largest absolute Gasteiger partial charge is 0.493 e. The summed E-state index contributed by atoms with van der Waals surface area (Å²) in [5.41, 5.74) is 4.44. The van der Waals surface area contributed by atoms with Gasteiger partial charge >= 0.3 is 0 Å². The van der Waals surface area contributed by atoms with Crippen molar-refractivity contribution in [3.8, 4) is 11.5 Å². The Bertz CT molecular complexity index is 725. The molecule has 2 rings (SSSR count). The van der Waals surface area contributed by atoms with E-state index in [9.17, 15) is 4.79 Å². The molecule has 1 atom stereocenters. The standard InChI is InChI=1S/C20H25NO3S/c1-13-8-14(2)10-16(9-13)12-25-15(3)20(22)21-17-6-7-18(23-4)19(11-17)24-5/h6-11,15H,12H2,1-5H3,(H,21,22). The number of carbonyl (C=O) groups excluding carboxylic acids is 1. The van der Waals surface area contributed by atoms with E-state index < -0.39 is 0 Å². The second-order valence-corrected chi connectivity index (χ2v) is 7.34. The maximum atomic E-state index is 12.4. The number of anilines is 1. The molecular formula is C20H25NO3S. The van der Waals surface area contributed by atoms with Gasteiger partial charge in [0, 0.05) is 17.5 Å². The van der Waals surface area contributed by atoms with Crippen molar-refractivity contribution >= 4 is 23.4 Å². The van der Waals surface area contributed by atoms with E-state index in [1.165, 1.54) is 16.7 Å². The van der Waals surface area contributed by atoms with Crippen LogP contribution in [0.4, 0.5) is 5.69 Å². The summed E-state index contributed by atoms with van der Waals surface area (Å²) in [6, 6.07) is 11.8. The predicted molar refractivity (Wildman–Crippen MR) is 105 cm³/mol. The lowest BCUT2D eigenvalue weighted by molar-refractivity contribution is -0.115. The first kappa shape index (κ1) is 19.2. The van der Waals surface area contributed by atoms with Crippen LogP contribution in [0, 0.1) is 13.8 Å². The van der Waals surface area contributed by atoms with Gasteiger partial charge in [-0.15, -0.1) is 11.8 Å². The van der Waals surface area contributed by atoms with Crippen molar-refractivity contribution in [1.29, 1.82) is 0 Å². The van der Waals surface area contributed by atoms with E-state index in [4.69, 9.17) is 9.47 Å². The minimum absolute atomic E-state index is 0.0263. The van der Waals surface area contributed by atoms with Crippen LogP contribution >= 0.6 is 11.8 Å². The van der Waals surface area contributed by atoms with Crippen LogP contribution in [0.1, 0.15) is 23.6 Å². The van der Waals surface area contributed by atoms with Gasteiger partial charge in [0.1, 0.15) is 0 Å². The molecule has 0 saturated heterocycles. The van der Waals surface area contributed by atoms with Crippen LogP contribution in [0.15, 0.2) is 36.4 Å². The van der Waals surface area contributed by atoms with E-state index in [1.807, 2.05) is 6.92 Å². The highest BCUT2D eigenvalue weighted by Gasteiger charge is 2.15. The zero-order valence-electron chi connectivity index (χ0n) is 15.4. The number of methoxy groups -OCH3 is 2. The molecule has 2 aromatic carbocycles. The van der Waals surface area contributed by atoms with Crippen LogP contribution in [-0.2, 0) is 10.5 Å². The maximum Gasteiger partial charge on any atom is 0.237 e. The Labute approximate surface area is 153 Å². The lowest BCUT2D eigenvalue weighted by atomic mass is 10.1. The molecule has 1 N–H and O–H groups in total. The molecule has 0 radical (unpaired) electrons. The van der Waals surface area contributed by atoms with Crippen LogP contribution in [0.5, 0.6) is 11.5 Å². The van der Waals surface area contributed by atoms with Gasteiger partial charge in [0.05, 0.1) is 19.5 Å². The first-order valence-corrected chi connectivity index (χ1v) is 9.19. The molecule has 2 aromatic rings. The van der Waals surface area contributed by atoms with Crippen LogP contribution in [0.25, 0.3) is 0 Å². The molecule has 4 nitrogen and oxygen atoms in total. The summed E-state index contributed by atoms with van der Waals surface area (Å²) in [5, 5.41) is 2.77. The maximum absolute atomic E-state index is 12.4. The Hall–Kier alpha value is -2.14. The van der Waals surface area contributed by atoms with Crippen molar-refractivity contribution in [3.63, 3.8) is 0 Å². The Morgan fingerprint density at radius 1 is 1.04 bits per heavy atom. The second-order valence-electron chi connectivity index (χ2n) is 6.01. The minimum Gasteiger partial charge on any atom is -0.493 e. The summed E-state index contributed by atoms with van der Waals surface area (Å²) in [6.45, 7) is 6.10. The fourth-order valence-corrected chi connectivity index (χ4v) is 3.43. The highest BCUT2D eigenvalue weighted by Crippen LogP contribution is 2.30. The molecule has 0 aliphatic carbocycles. The van der Waals surface area contributed by atoms with E-state index in [0.717, 1.165) is 5.75 Å². The van der Waals surface area contributed by atoms with Gasteiger partial charge in [0.25, 0.3) is 0 Å². The van der Waals surface area contributed by atoms with Crippen LogP contribution < -0.4 is 14.8 Å². The van der Waals surface area contributed by atoms with Gasteiger partial charge in [-0.1, -0.05) is 29.3 Å². The van der Waals surface area contributed by atoms with Crippen molar-refractivity contribution in [2.75, 3.05) is 19.5 Å². The fourth-order valence-electron chi connectivity index (χ4n) is 2.61. The molecule has 25 heavy (non-hydrogen) atoms. The number of carbonyl (C=O) groups is 1. The normalized spacial score (nSPS) is 11.7. The summed E-state index contributed by atoms with van der Waals surface area (Å²) in [6.07, 6.45) is 0. The number of nitrogens with one attached hydrogen (secondary N) is 1. The molecule has 0 aliphatic rings. The molecule has 0 aliphatic heterocycles. The van der Waals surface area contributed by atoms with Gasteiger partial charge in [-0.3, -0.25) is 4.79 Å². The Morgan fingerprint density at radius 2 is 1.68 bits per heavy atom. The number of hydrogen-bond acceptors (Lipinski definition) is 4. The molecule has 5 heteroatoms. The number of hydrogen-bond donors (Lipinski definition) is 1. The van der Waals surface area contributed by atoms with Crippen LogP contribution in [0.3, 0.4) is 0 Å². The average molecular weight is 359 g/mol. The van der Waals surface area contributed by atoms with Crippen molar-refractivity contribution in [2.24, 2.45) is 0 Å². The monoisotopic (exact) mass is 359 g/mol. The van der Waals surface area contributed by atoms with E-state index in [-0.39, 0.29) is 11.2 Å².